The third-order valence-corrected chi connectivity index (χ3v) is 3.29. The van der Waals surface area contributed by atoms with Crippen LogP contribution >= 0.6 is 0 Å². The van der Waals surface area contributed by atoms with Crippen molar-refractivity contribution < 1.29 is 14.7 Å². The highest BCUT2D eigenvalue weighted by atomic mass is 16.4. The van der Waals surface area contributed by atoms with Crippen LogP contribution in [-0.2, 0) is 11.3 Å². The molecule has 104 valence electrons. The van der Waals surface area contributed by atoms with Crippen molar-refractivity contribution in [2.24, 2.45) is 5.41 Å². The van der Waals surface area contributed by atoms with Gasteiger partial charge in [-0.25, -0.2) is 4.79 Å². The van der Waals surface area contributed by atoms with Crippen LogP contribution in [0, 0.1) is 5.41 Å². The molecular formula is C10H16N6O3. The fourth-order valence-electron chi connectivity index (χ4n) is 2.11. The van der Waals surface area contributed by atoms with Crippen LogP contribution in [0.4, 0.5) is 4.79 Å². The molecular weight excluding hydrogens is 252 g/mol. The maximum Gasteiger partial charge on any atom is 0.317 e. The van der Waals surface area contributed by atoms with Crippen LogP contribution in [0.5, 0.6) is 0 Å². The molecule has 0 radical (unpaired) electrons. The van der Waals surface area contributed by atoms with E-state index in [0.717, 1.165) is 0 Å². The van der Waals surface area contributed by atoms with E-state index in [4.69, 9.17) is 0 Å². The van der Waals surface area contributed by atoms with Crippen molar-refractivity contribution in [1.29, 1.82) is 0 Å². The summed E-state index contributed by atoms with van der Waals surface area (Å²) >= 11 is 0. The molecule has 1 aromatic rings. The fourth-order valence-corrected chi connectivity index (χ4v) is 2.11. The number of rotatable bonds is 3. The first kappa shape index (κ1) is 13.2. The predicted octanol–water partition coefficient (Wildman–Crippen LogP) is -0.404. The predicted molar refractivity (Wildman–Crippen MR) is 63.0 cm³/mol. The molecule has 1 unspecified atom stereocenters. The number of piperidine rings is 1. The van der Waals surface area contributed by atoms with Gasteiger partial charge >= 0.3 is 12.0 Å². The van der Waals surface area contributed by atoms with Crippen molar-refractivity contribution in [1.82, 2.24) is 30.8 Å². The summed E-state index contributed by atoms with van der Waals surface area (Å²) in [6, 6.07) is -0.308. The molecule has 9 nitrogen and oxygen atoms in total. The lowest BCUT2D eigenvalue weighted by Gasteiger charge is -2.37. The normalized spacial score (nSPS) is 23.1. The van der Waals surface area contributed by atoms with Crippen LogP contribution in [0.25, 0.3) is 0 Å². The summed E-state index contributed by atoms with van der Waals surface area (Å²) in [7, 11) is 0. The topological polar surface area (TPSA) is 124 Å². The number of hydrogen-bond donors (Lipinski definition) is 3. The molecule has 2 heterocycles. The molecule has 1 saturated heterocycles. The van der Waals surface area contributed by atoms with Gasteiger partial charge in [-0.3, -0.25) is 4.79 Å². The fraction of sp³-hybridized carbons (Fsp3) is 0.700. The van der Waals surface area contributed by atoms with Gasteiger partial charge < -0.3 is 15.3 Å². The van der Waals surface area contributed by atoms with Gasteiger partial charge in [-0.2, -0.15) is 5.21 Å². The summed E-state index contributed by atoms with van der Waals surface area (Å²) in [5, 5.41) is 24.9. The van der Waals surface area contributed by atoms with Gasteiger partial charge in [0.1, 0.15) is 0 Å². The Morgan fingerprint density at radius 2 is 2.37 bits per heavy atom. The minimum Gasteiger partial charge on any atom is -0.481 e. The molecule has 2 amide bonds. The lowest BCUT2D eigenvalue weighted by atomic mass is 9.82. The highest BCUT2D eigenvalue weighted by Crippen LogP contribution is 2.29. The Kier molecular flexibility index (Phi) is 3.63. The molecule has 1 atom stereocenters. The zero-order valence-electron chi connectivity index (χ0n) is 10.6. The number of likely N-dealkylation sites (tertiary alicyclic amines) is 1. The molecule has 0 spiro atoms. The number of carbonyl (C=O) groups excluding carboxylic acids is 1. The number of carbonyl (C=O) groups is 2. The summed E-state index contributed by atoms with van der Waals surface area (Å²) in [5.41, 5.74) is -0.873. The van der Waals surface area contributed by atoms with Crippen LogP contribution in [-0.4, -0.2) is 55.7 Å². The number of carboxylic acid groups (broad SMARTS) is 1. The van der Waals surface area contributed by atoms with Crippen LogP contribution < -0.4 is 5.32 Å². The number of aromatic amines is 1. The molecule has 19 heavy (non-hydrogen) atoms. The first-order valence-corrected chi connectivity index (χ1v) is 6.00. The minimum absolute atomic E-state index is 0.162. The average Bonchev–Trinajstić information content (AvgIpc) is 2.89. The van der Waals surface area contributed by atoms with Crippen molar-refractivity contribution in [3.05, 3.63) is 5.82 Å². The second kappa shape index (κ2) is 5.21. The summed E-state index contributed by atoms with van der Waals surface area (Å²) in [6.07, 6.45) is 1.26. The second-order valence-corrected chi connectivity index (χ2v) is 4.88. The molecule has 0 bridgehead atoms. The monoisotopic (exact) mass is 268 g/mol. The third-order valence-electron chi connectivity index (χ3n) is 3.29. The van der Waals surface area contributed by atoms with Gasteiger partial charge in [-0.15, -0.1) is 10.2 Å². The van der Waals surface area contributed by atoms with Crippen LogP contribution in [0.15, 0.2) is 0 Å². The SMILES string of the molecule is CC1(C(=O)O)CCCN(C(=O)NCc2nn[nH]n2)C1. The molecule has 0 saturated carbocycles. The number of H-pyrrole nitrogens is 1. The Morgan fingerprint density at radius 3 is 3.00 bits per heavy atom. The Bertz CT molecular complexity index is 462. The number of amides is 2. The summed E-state index contributed by atoms with van der Waals surface area (Å²) < 4.78 is 0. The maximum atomic E-state index is 11.9. The minimum atomic E-state index is -0.873. The van der Waals surface area contributed by atoms with Crippen molar-refractivity contribution in [3.63, 3.8) is 0 Å². The highest BCUT2D eigenvalue weighted by molar-refractivity contribution is 5.78. The maximum absolute atomic E-state index is 11.9. The number of hydrogen-bond acceptors (Lipinski definition) is 5. The number of aliphatic carboxylic acids is 1. The van der Waals surface area contributed by atoms with E-state index in [-0.39, 0.29) is 19.1 Å². The van der Waals surface area contributed by atoms with Gasteiger partial charge in [-0.05, 0) is 19.8 Å². The number of urea groups is 1. The van der Waals surface area contributed by atoms with E-state index >= 15 is 0 Å². The molecule has 0 aliphatic carbocycles. The van der Waals surface area contributed by atoms with Gasteiger partial charge in [-0.1, -0.05) is 5.21 Å². The van der Waals surface area contributed by atoms with Gasteiger partial charge in [0.2, 0.25) is 0 Å². The van der Waals surface area contributed by atoms with E-state index in [0.29, 0.717) is 25.2 Å². The molecule has 1 aliphatic heterocycles. The van der Waals surface area contributed by atoms with E-state index in [1.165, 1.54) is 4.90 Å². The van der Waals surface area contributed by atoms with Crippen molar-refractivity contribution in [2.45, 2.75) is 26.3 Å². The van der Waals surface area contributed by atoms with Crippen molar-refractivity contribution in [2.75, 3.05) is 13.1 Å². The molecule has 0 aromatic carbocycles. The van der Waals surface area contributed by atoms with Crippen molar-refractivity contribution >= 4 is 12.0 Å². The van der Waals surface area contributed by atoms with Gasteiger partial charge in [0.05, 0.1) is 12.0 Å². The molecule has 2 rings (SSSR count). The summed E-state index contributed by atoms with van der Waals surface area (Å²) in [5.74, 6) is -0.491. The largest absolute Gasteiger partial charge is 0.481 e. The van der Waals surface area contributed by atoms with E-state index in [1.54, 1.807) is 6.92 Å². The lowest BCUT2D eigenvalue weighted by Crippen LogP contribution is -2.51. The van der Waals surface area contributed by atoms with Crippen molar-refractivity contribution in [3.8, 4) is 0 Å². The second-order valence-electron chi connectivity index (χ2n) is 4.88. The van der Waals surface area contributed by atoms with Gasteiger partial charge in [0, 0.05) is 13.1 Å². The zero-order valence-corrected chi connectivity index (χ0v) is 10.6. The number of nitrogens with zero attached hydrogens (tertiary/aromatic N) is 4. The number of carboxylic acids is 1. The number of tetrazole rings is 1. The van der Waals surface area contributed by atoms with Gasteiger partial charge in [0.25, 0.3) is 0 Å². The number of aromatic nitrogens is 4. The number of nitrogens with one attached hydrogen (secondary N) is 2. The zero-order chi connectivity index (χ0) is 13.9. The Hall–Kier alpha value is -2.19. The average molecular weight is 268 g/mol. The van der Waals surface area contributed by atoms with Crippen LogP contribution in [0.2, 0.25) is 0 Å². The molecule has 3 N–H and O–H groups in total. The van der Waals surface area contributed by atoms with E-state index in [1.807, 2.05) is 0 Å². The Balaban J connectivity index is 1.90. The smallest absolute Gasteiger partial charge is 0.317 e. The van der Waals surface area contributed by atoms with E-state index in [9.17, 15) is 14.7 Å². The Labute approximate surface area is 109 Å². The third kappa shape index (κ3) is 2.98. The first-order valence-electron chi connectivity index (χ1n) is 6.00. The standard InChI is InChI=1S/C10H16N6O3/c1-10(8(17)18)3-2-4-16(6-10)9(19)11-5-7-12-14-15-13-7/h2-6H2,1H3,(H,11,19)(H,17,18)(H,12,13,14,15). The first-order chi connectivity index (χ1) is 9.01. The van der Waals surface area contributed by atoms with Crippen LogP contribution in [0.1, 0.15) is 25.6 Å². The summed E-state index contributed by atoms with van der Waals surface area (Å²) in [4.78, 5) is 24.6. The molecule has 1 aliphatic rings. The lowest BCUT2D eigenvalue weighted by molar-refractivity contribution is -0.150. The Morgan fingerprint density at radius 1 is 1.58 bits per heavy atom. The van der Waals surface area contributed by atoms with E-state index < -0.39 is 11.4 Å². The van der Waals surface area contributed by atoms with E-state index in [2.05, 4.69) is 25.9 Å². The highest BCUT2D eigenvalue weighted by Gasteiger charge is 2.39. The molecule has 9 heteroatoms. The quantitative estimate of drug-likeness (QED) is 0.685. The molecule has 1 aromatic heterocycles. The van der Waals surface area contributed by atoms with Crippen LogP contribution in [0.3, 0.4) is 0 Å². The molecule has 1 fully saturated rings. The van der Waals surface area contributed by atoms with Gasteiger partial charge in [0.15, 0.2) is 5.82 Å². The summed E-state index contributed by atoms with van der Waals surface area (Å²) in [6.45, 7) is 2.59.